The van der Waals surface area contributed by atoms with Gasteiger partial charge < -0.3 is 19.0 Å². The second-order valence-corrected chi connectivity index (χ2v) is 7.70. The number of ether oxygens (including phenoxy) is 2. The average Bonchev–Trinajstić information content (AvgIpc) is 2.72. The first-order valence-corrected chi connectivity index (χ1v) is 10.5. The zero-order chi connectivity index (χ0) is 22.5. The lowest BCUT2D eigenvalue weighted by atomic mass is 10.1. The minimum absolute atomic E-state index is 0.0662. The molecule has 1 heterocycles. The molecule has 3 aromatic rings. The number of aryl methyl sites for hydroxylation is 1. The van der Waals surface area contributed by atoms with E-state index in [1.54, 1.807) is 0 Å². The van der Waals surface area contributed by atoms with E-state index < -0.39 is 0 Å². The molecule has 1 unspecified atom stereocenters. The lowest BCUT2D eigenvalue weighted by Crippen LogP contribution is -2.15. The topological polar surface area (TPSA) is 86.0 Å². The number of Topliss-reactive ketones (excluding diaryl/α,β-unsaturated/α-hetero) is 1. The molecule has 164 valence electrons. The average molecular weight is 424 g/mol. The van der Waals surface area contributed by atoms with Crippen LogP contribution in [0.2, 0.25) is 0 Å². The number of phenolic OH excluding ortho intramolecular Hbond substituents is 1. The highest BCUT2D eigenvalue weighted by Gasteiger charge is 2.15. The second-order valence-electron chi connectivity index (χ2n) is 7.70. The number of benzene rings is 2. The molecule has 0 aliphatic carbocycles. The van der Waals surface area contributed by atoms with Crippen LogP contribution in [0.4, 0.5) is 0 Å². The van der Waals surface area contributed by atoms with E-state index in [-0.39, 0.29) is 46.4 Å². The van der Waals surface area contributed by atoms with E-state index in [0.29, 0.717) is 11.3 Å². The van der Waals surface area contributed by atoms with Crippen molar-refractivity contribution in [3.8, 4) is 28.6 Å². The Balaban J connectivity index is 2.03. The maximum Gasteiger partial charge on any atom is 0.197 e. The van der Waals surface area contributed by atoms with Crippen molar-refractivity contribution in [2.75, 3.05) is 6.61 Å². The van der Waals surface area contributed by atoms with Gasteiger partial charge in [-0.3, -0.25) is 9.59 Å². The third-order valence-corrected chi connectivity index (χ3v) is 5.06. The van der Waals surface area contributed by atoms with Crippen LogP contribution in [0.25, 0.3) is 22.3 Å². The van der Waals surface area contributed by atoms with Crippen LogP contribution in [0.3, 0.4) is 0 Å². The predicted molar refractivity (Wildman–Crippen MR) is 120 cm³/mol. The summed E-state index contributed by atoms with van der Waals surface area (Å²) in [5, 5.41) is 10.3. The van der Waals surface area contributed by atoms with E-state index >= 15 is 0 Å². The summed E-state index contributed by atoms with van der Waals surface area (Å²) in [7, 11) is 0. The Kier molecular flexibility index (Phi) is 7.00. The Morgan fingerprint density at radius 3 is 2.61 bits per heavy atom. The number of phenols is 1. The summed E-state index contributed by atoms with van der Waals surface area (Å²) in [6.45, 7) is 7.47. The van der Waals surface area contributed by atoms with Gasteiger partial charge in [-0.25, -0.2) is 0 Å². The number of rotatable bonds is 9. The van der Waals surface area contributed by atoms with Gasteiger partial charge in [0, 0.05) is 23.8 Å². The minimum Gasteiger partial charge on any atom is -0.507 e. The predicted octanol–water partition coefficient (Wildman–Crippen LogP) is 5.40. The molecule has 1 N–H and O–H groups in total. The summed E-state index contributed by atoms with van der Waals surface area (Å²) >= 11 is 0. The Labute approximate surface area is 181 Å². The van der Waals surface area contributed by atoms with E-state index in [9.17, 15) is 14.7 Å². The lowest BCUT2D eigenvalue weighted by Gasteiger charge is -2.19. The van der Waals surface area contributed by atoms with Crippen LogP contribution in [-0.2, 0) is 4.79 Å². The molecule has 2 aromatic carbocycles. The van der Waals surface area contributed by atoms with Gasteiger partial charge >= 0.3 is 0 Å². The van der Waals surface area contributed by atoms with E-state index in [0.717, 1.165) is 30.6 Å². The Morgan fingerprint density at radius 1 is 1.16 bits per heavy atom. The van der Waals surface area contributed by atoms with Gasteiger partial charge in [0.15, 0.2) is 11.2 Å². The van der Waals surface area contributed by atoms with E-state index in [1.165, 1.54) is 25.1 Å². The fourth-order valence-electron chi connectivity index (χ4n) is 3.38. The van der Waals surface area contributed by atoms with Crippen LogP contribution in [0, 0.1) is 6.92 Å². The Morgan fingerprint density at radius 2 is 1.94 bits per heavy atom. The van der Waals surface area contributed by atoms with Gasteiger partial charge in [0.25, 0.3) is 0 Å². The summed E-state index contributed by atoms with van der Waals surface area (Å²) in [6, 6.07) is 9.82. The summed E-state index contributed by atoms with van der Waals surface area (Å²) in [5.74, 6) is 0.944. The number of aromatic hydroxyl groups is 1. The first-order valence-electron chi connectivity index (χ1n) is 10.5. The minimum atomic E-state index is -0.368. The highest BCUT2D eigenvalue weighted by atomic mass is 16.5. The highest BCUT2D eigenvalue weighted by Crippen LogP contribution is 2.33. The smallest absolute Gasteiger partial charge is 0.197 e. The van der Waals surface area contributed by atoms with Crippen molar-refractivity contribution >= 4 is 16.8 Å². The first kappa shape index (κ1) is 22.4. The molecule has 0 saturated carbocycles. The van der Waals surface area contributed by atoms with Crippen LogP contribution in [0.1, 0.15) is 45.6 Å². The van der Waals surface area contributed by atoms with Gasteiger partial charge in [0.1, 0.15) is 40.6 Å². The molecule has 0 saturated heterocycles. The van der Waals surface area contributed by atoms with Crippen molar-refractivity contribution in [1.82, 2.24) is 0 Å². The molecule has 0 fully saturated rings. The molecular weight excluding hydrogens is 396 g/mol. The molecule has 0 bridgehead atoms. The van der Waals surface area contributed by atoms with Crippen molar-refractivity contribution in [3.63, 3.8) is 0 Å². The number of carbonyl (C=O) groups is 1. The number of fused-ring (bicyclic) bond motifs is 1. The molecule has 1 aromatic heterocycles. The van der Waals surface area contributed by atoms with Gasteiger partial charge in [-0.15, -0.1) is 0 Å². The molecule has 0 radical (unpaired) electrons. The summed E-state index contributed by atoms with van der Waals surface area (Å²) < 4.78 is 17.5. The number of ketones is 1. The van der Waals surface area contributed by atoms with Crippen molar-refractivity contribution in [3.05, 3.63) is 52.2 Å². The summed E-state index contributed by atoms with van der Waals surface area (Å²) in [5.41, 5.74) is 1.51. The standard InChI is InChI=1S/C25H28O6/c1-5-7-18(6-2)30-22-10-17(9-8-15(22)3)23-13-21(28)25-20(27)11-19(12-24(25)31-23)29-14-16(4)26/h8-13,18,27H,5-7,14H2,1-4H3. The lowest BCUT2D eigenvalue weighted by molar-refractivity contribution is -0.118. The Hall–Kier alpha value is -3.28. The Bertz CT molecular complexity index is 1140. The molecule has 0 aliphatic rings. The normalized spacial score (nSPS) is 12.0. The summed E-state index contributed by atoms with van der Waals surface area (Å²) in [4.78, 5) is 23.9. The molecular formula is C25H28O6. The molecule has 0 spiro atoms. The molecule has 1 atom stereocenters. The SMILES string of the molecule is CCCC(CC)Oc1cc(-c2cc(=O)c3c(O)cc(OCC(C)=O)cc3o2)ccc1C. The first-order chi connectivity index (χ1) is 14.8. The largest absolute Gasteiger partial charge is 0.507 e. The van der Waals surface area contributed by atoms with Crippen molar-refractivity contribution in [2.45, 2.75) is 53.1 Å². The van der Waals surface area contributed by atoms with Crippen LogP contribution < -0.4 is 14.9 Å². The third kappa shape index (κ3) is 5.26. The number of hydrogen-bond donors (Lipinski definition) is 1. The van der Waals surface area contributed by atoms with Crippen molar-refractivity contribution < 1.29 is 23.8 Å². The van der Waals surface area contributed by atoms with Crippen molar-refractivity contribution in [1.29, 1.82) is 0 Å². The van der Waals surface area contributed by atoms with Crippen LogP contribution >= 0.6 is 0 Å². The van der Waals surface area contributed by atoms with E-state index in [2.05, 4.69) is 13.8 Å². The molecule has 6 heteroatoms. The fourth-order valence-corrected chi connectivity index (χ4v) is 3.38. The van der Waals surface area contributed by atoms with Crippen LogP contribution in [-0.4, -0.2) is 23.6 Å². The van der Waals surface area contributed by atoms with Gasteiger partial charge in [-0.2, -0.15) is 0 Å². The third-order valence-electron chi connectivity index (χ3n) is 5.06. The molecule has 3 rings (SSSR count). The van der Waals surface area contributed by atoms with E-state index in [4.69, 9.17) is 13.9 Å². The highest BCUT2D eigenvalue weighted by molar-refractivity contribution is 5.86. The van der Waals surface area contributed by atoms with Gasteiger partial charge in [-0.1, -0.05) is 32.4 Å². The van der Waals surface area contributed by atoms with Gasteiger partial charge in [-0.05, 0) is 38.3 Å². The van der Waals surface area contributed by atoms with Crippen molar-refractivity contribution in [2.24, 2.45) is 0 Å². The maximum absolute atomic E-state index is 12.7. The monoisotopic (exact) mass is 424 g/mol. The number of hydrogen-bond acceptors (Lipinski definition) is 6. The second kappa shape index (κ2) is 9.69. The number of carbonyl (C=O) groups excluding carboxylic acids is 1. The van der Waals surface area contributed by atoms with Crippen LogP contribution in [0.5, 0.6) is 17.2 Å². The zero-order valence-electron chi connectivity index (χ0n) is 18.4. The zero-order valence-corrected chi connectivity index (χ0v) is 18.4. The quantitative estimate of drug-likeness (QED) is 0.495. The molecule has 0 aliphatic heterocycles. The molecule has 0 amide bonds. The van der Waals surface area contributed by atoms with Gasteiger partial charge in [0.2, 0.25) is 0 Å². The maximum atomic E-state index is 12.7. The summed E-state index contributed by atoms with van der Waals surface area (Å²) in [6.07, 6.45) is 3.03. The molecule has 6 nitrogen and oxygen atoms in total. The van der Waals surface area contributed by atoms with Gasteiger partial charge in [0.05, 0.1) is 6.10 Å². The van der Waals surface area contributed by atoms with E-state index in [1.807, 2.05) is 25.1 Å². The fraction of sp³-hybridized carbons (Fsp3) is 0.360. The molecule has 31 heavy (non-hydrogen) atoms. The van der Waals surface area contributed by atoms with Crippen LogP contribution in [0.15, 0.2) is 45.6 Å².